The number of amides is 2. The Morgan fingerprint density at radius 3 is 2.48 bits per heavy atom. The molecule has 0 heterocycles. The maximum atomic E-state index is 11.9. The van der Waals surface area contributed by atoms with Crippen molar-refractivity contribution in [3.8, 4) is 5.75 Å². The van der Waals surface area contributed by atoms with Crippen LogP contribution in [0.4, 0.5) is 10.5 Å². The van der Waals surface area contributed by atoms with Crippen LogP contribution < -0.4 is 15.4 Å². The molecular formula is C17H24N2O4. The van der Waals surface area contributed by atoms with Gasteiger partial charge in [0.2, 0.25) is 0 Å². The number of hydrogen-bond acceptors (Lipinski definition) is 4. The molecule has 0 spiro atoms. The van der Waals surface area contributed by atoms with Gasteiger partial charge in [0, 0.05) is 11.7 Å². The van der Waals surface area contributed by atoms with Crippen molar-refractivity contribution >= 4 is 17.7 Å². The van der Waals surface area contributed by atoms with E-state index in [2.05, 4.69) is 10.6 Å². The Kier molecular flexibility index (Phi) is 6.72. The molecule has 0 radical (unpaired) electrons. The summed E-state index contributed by atoms with van der Waals surface area (Å²) in [7, 11) is 0. The second kappa shape index (κ2) is 9.02. The molecule has 0 atom stereocenters. The normalized spacial score (nSPS) is 14.8. The predicted molar refractivity (Wildman–Crippen MR) is 87.6 cm³/mol. The Morgan fingerprint density at radius 2 is 1.83 bits per heavy atom. The smallest absolute Gasteiger partial charge is 0.344 e. The lowest BCUT2D eigenvalue weighted by Crippen LogP contribution is -2.38. The van der Waals surface area contributed by atoms with Crippen molar-refractivity contribution in [1.82, 2.24) is 5.32 Å². The molecule has 2 amide bonds. The van der Waals surface area contributed by atoms with Gasteiger partial charge in [-0.15, -0.1) is 0 Å². The van der Waals surface area contributed by atoms with Crippen molar-refractivity contribution < 1.29 is 19.1 Å². The third-order valence-electron chi connectivity index (χ3n) is 3.71. The first kappa shape index (κ1) is 17.1. The van der Waals surface area contributed by atoms with E-state index in [0.717, 1.165) is 12.8 Å². The van der Waals surface area contributed by atoms with Crippen molar-refractivity contribution in [2.75, 3.05) is 18.5 Å². The van der Waals surface area contributed by atoms with E-state index < -0.39 is 5.97 Å². The monoisotopic (exact) mass is 320 g/mol. The average Bonchev–Trinajstić information content (AvgIpc) is 2.55. The molecule has 0 unspecified atom stereocenters. The minimum Gasteiger partial charge on any atom is -0.482 e. The van der Waals surface area contributed by atoms with Crippen LogP contribution in [0.15, 0.2) is 24.3 Å². The predicted octanol–water partition coefficient (Wildman–Crippen LogP) is 3.08. The molecule has 1 aromatic carbocycles. The van der Waals surface area contributed by atoms with Gasteiger partial charge in [0.05, 0.1) is 6.61 Å². The Bertz CT molecular complexity index is 510. The number of carbonyl (C=O) groups is 2. The molecule has 0 aliphatic heterocycles. The Balaban J connectivity index is 1.75. The van der Waals surface area contributed by atoms with Crippen LogP contribution in [-0.2, 0) is 9.53 Å². The first-order valence-electron chi connectivity index (χ1n) is 8.13. The van der Waals surface area contributed by atoms with Gasteiger partial charge in [0.25, 0.3) is 0 Å². The van der Waals surface area contributed by atoms with Gasteiger partial charge in [-0.2, -0.15) is 0 Å². The van der Waals surface area contributed by atoms with Gasteiger partial charge in [-0.3, -0.25) is 0 Å². The number of carbonyl (C=O) groups excluding carboxylic acids is 2. The molecule has 6 nitrogen and oxygen atoms in total. The molecule has 2 rings (SSSR count). The summed E-state index contributed by atoms with van der Waals surface area (Å²) in [5.41, 5.74) is 0.682. The summed E-state index contributed by atoms with van der Waals surface area (Å²) in [6, 6.07) is 6.97. The molecule has 23 heavy (non-hydrogen) atoms. The maximum absolute atomic E-state index is 11.9. The molecule has 126 valence electrons. The molecule has 0 aromatic heterocycles. The molecule has 1 aliphatic carbocycles. The van der Waals surface area contributed by atoms with Gasteiger partial charge in [-0.1, -0.05) is 19.3 Å². The molecule has 1 aromatic rings. The number of nitrogens with one attached hydrogen (secondary N) is 2. The number of rotatable bonds is 6. The zero-order valence-corrected chi connectivity index (χ0v) is 13.5. The van der Waals surface area contributed by atoms with Crippen molar-refractivity contribution in [1.29, 1.82) is 0 Å². The number of anilines is 1. The van der Waals surface area contributed by atoms with Gasteiger partial charge in [0.15, 0.2) is 6.61 Å². The van der Waals surface area contributed by atoms with Crippen molar-refractivity contribution in [2.24, 2.45) is 0 Å². The fourth-order valence-electron chi connectivity index (χ4n) is 2.58. The van der Waals surface area contributed by atoms with E-state index in [4.69, 9.17) is 9.47 Å². The molecule has 0 saturated heterocycles. The average molecular weight is 320 g/mol. The van der Waals surface area contributed by atoms with Gasteiger partial charge in [-0.05, 0) is 44.0 Å². The third-order valence-corrected chi connectivity index (χ3v) is 3.71. The number of hydrogen-bond donors (Lipinski definition) is 2. The van der Waals surface area contributed by atoms with E-state index in [9.17, 15) is 9.59 Å². The molecule has 1 aliphatic rings. The molecule has 0 bridgehead atoms. The van der Waals surface area contributed by atoms with E-state index in [1.807, 2.05) is 0 Å². The highest BCUT2D eigenvalue weighted by Gasteiger charge is 2.15. The highest BCUT2D eigenvalue weighted by molar-refractivity contribution is 5.89. The van der Waals surface area contributed by atoms with Crippen LogP contribution in [-0.4, -0.2) is 31.3 Å². The van der Waals surface area contributed by atoms with Crippen LogP contribution in [0.3, 0.4) is 0 Å². The minimum absolute atomic E-state index is 0.122. The summed E-state index contributed by atoms with van der Waals surface area (Å²) < 4.78 is 10.1. The van der Waals surface area contributed by atoms with Crippen LogP contribution in [0.5, 0.6) is 5.75 Å². The highest BCUT2D eigenvalue weighted by Crippen LogP contribution is 2.18. The van der Waals surface area contributed by atoms with E-state index in [1.54, 1.807) is 31.2 Å². The first-order valence-corrected chi connectivity index (χ1v) is 8.13. The number of esters is 1. The Morgan fingerprint density at radius 1 is 1.13 bits per heavy atom. The fraction of sp³-hybridized carbons (Fsp3) is 0.529. The third kappa shape index (κ3) is 6.18. The lowest BCUT2D eigenvalue weighted by Gasteiger charge is -2.22. The summed E-state index contributed by atoms with van der Waals surface area (Å²) in [5.74, 6) is 0.151. The highest BCUT2D eigenvalue weighted by atomic mass is 16.6. The van der Waals surface area contributed by atoms with Gasteiger partial charge < -0.3 is 20.1 Å². The molecule has 6 heteroatoms. The van der Waals surface area contributed by atoms with Crippen molar-refractivity contribution in [3.05, 3.63) is 24.3 Å². The topological polar surface area (TPSA) is 76.7 Å². The fourth-order valence-corrected chi connectivity index (χ4v) is 2.58. The summed E-state index contributed by atoms with van der Waals surface area (Å²) in [6.45, 7) is 1.96. The molecule has 1 saturated carbocycles. The quantitative estimate of drug-likeness (QED) is 0.790. The maximum Gasteiger partial charge on any atom is 0.344 e. The number of ether oxygens (including phenoxy) is 2. The molecule has 2 N–H and O–H groups in total. The second-order valence-electron chi connectivity index (χ2n) is 5.55. The lowest BCUT2D eigenvalue weighted by atomic mass is 9.96. The van der Waals surface area contributed by atoms with Crippen LogP contribution in [0.25, 0.3) is 0 Å². The van der Waals surface area contributed by atoms with Crippen LogP contribution >= 0.6 is 0 Å². The van der Waals surface area contributed by atoms with Crippen molar-refractivity contribution in [2.45, 2.75) is 45.1 Å². The van der Waals surface area contributed by atoms with E-state index in [0.29, 0.717) is 18.0 Å². The Hall–Kier alpha value is -2.24. The SMILES string of the molecule is CCOC(=O)COc1ccc(NC(=O)NC2CCCCC2)cc1. The first-order chi connectivity index (χ1) is 11.2. The minimum atomic E-state index is -0.401. The van der Waals surface area contributed by atoms with Gasteiger partial charge in [-0.25, -0.2) is 9.59 Å². The van der Waals surface area contributed by atoms with Crippen LogP contribution in [0, 0.1) is 0 Å². The van der Waals surface area contributed by atoms with Gasteiger partial charge in [0.1, 0.15) is 5.75 Å². The zero-order chi connectivity index (χ0) is 16.5. The zero-order valence-electron chi connectivity index (χ0n) is 13.5. The van der Waals surface area contributed by atoms with Crippen LogP contribution in [0.1, 0.15) is 39.0 Å². The summed E-state index contributed by atoms with van der Waals surface area (Å²) >= 11 is 0. The summed E-state index contributed by atoms with van der Waals surface area (Å²) in [5, 5.41) is 5.80. The molecule has 1 fully saturated rings. The van der Waals surface area contributed by atoms with Crippen LogP contribution in [0.2, 0.25) is 0 Å². The molecular weight excluding hydrogens is 296 g/mol. The summed E-state index contributed by atoms with van der Waals surface area (Å²) in [6.07, 6.45) is 5.71. The largest absolute Gasteiger partial charge is 0.482 e. The standard InChI is InChI=1S/C17H24N2O4/c1-2-22-16(20)12-23-15-10-8-14(9-11-15)19-17(21)18-13-6-4-3-5-7-13/h8-11,13H,2-7,12H2,1H3,(H2,18,19,21). The lowest BCUT2D eigenvalue weighted by molar-refractivity contribution is -0.145. The van der Waals surface area contributed by atoms with Gasteiger partial charge >= 0.3 is 12.0 Å². The van der Waals surface area contributed by atoms with E-state index in [-0.39, 0.29) is 18.7 Å². The van der Waals surface area contributed by atoms with E-state index >= 15 is 0 Å². The number of benzene rings is 1. The van der Waals surface area contributed by atoms with E-state index in [1.165, 1.54) is 19.3 Å². The second-order valence-corrected chi connectivity index (χ2v) is 5.55. The number of urea groups is 1. The Labute approximate surface area is 136 Å². The summed E-state index contributed by atoms with van der Waals surface area (Å²) in [4.78, 5) is 23.1. The van der Waals surface area contributed by atoms with Crippen molar-refractivity contribution in [3.63, 3.8) is 0 Å².